The summed E-state index contributed by atoms with van der Waals surface area (Å²) in [4.78, 5) is 23.7. The lowest BCUT2D eigenvalue weighted by Gasteiger charge is -2.23. The van der Waals surface area contributed by atoms with Crippen LogP contribution in [0.25, 0.3) is 11.2 Å². The number of ketones is 1. The molecular weight excluding hydrogens is 412 g/mol. The number of thiophene rings is 1. The fraction of sp³-hybridized carbons (Fsp3) is 0.435. The SMILES string of the molecule is CCNc1cc(C#Cc2ccc(C)s2)nc2c1ncn2[C@@H]1C2C[C@]2(C(C)=O)[C@@H](O)[C@H]1O. The number of pyridine rings is 1. The number of anilines is 1. The molecule has 5 rings (SSSR count). The lowest BCUT2D eigenvalue weighted by Crippen LogP contribution is -2.36. The van der Waals surface area contributed by atoms with Gasteiger partial charge in [0.2, 0.25) is 0 Å². The van der Waals surface area contributed by atoms with Gasteiger partial charge in [0.1, 0.15) is 23.1 Å². The first-order valence-corrected chi connectivity index (χ1v) is 11.3. The molecule has 31 heavy (non-hydrogen) atoms. The molecule has 1 unspecified atom stereocenters. The van der Waals surface area contributed by atoms with E-state index in [1.54, 1.807) is 17.7 Å². The number of hydrogen-bond donors (Lipinski definition) is 3. The Labute approximate surface area is 184 Å². The van der Waals surface area contributed by atoms with Crippen molar-refractivity contribution in [2.24, 2.45) is 11.3 Å². The molecule has 3 heterocycles. The summed E-state index contributed by atoms with van der Waals surface area (Å²) in [7, 11) is 0. The van der Waals surface area contributed by atoms with Crippen LogP contribution in [0.2, 0.25) is 0 Å². The quantitative estimate of drug-likeness (QED) is 0.544. The molecule has 3 aromatic heterocycles. The molecule has 3 N–H and O–H groups in total. The summed E-state index contributed by atoms with van der Waals surface area (Å²) in [5.74, 6) is 6.11. The standard InChI is InChI=1S/C23H24N4O3S/c1-4-24-17-9-14(6-8-15-7-5-12(2)31-15)26-22-18(17)25-11-27(22)19-16-10-23(16,13(3)28)21(30)20(19)29/h5,7,9,11,16,19-21,29-30H,4,10H2,1-3H3,(H,24,26)/t16?,19-,20+,21+,23-/m1/s1. The lowest BCUT2D eigenvalue weighted by molar-refractivity contribution is -0.128. The molecule has 0 spiro atoms. The van der Waals surface area contributed by atoms with Crippen LogP contribution in [-0.2, 0) is 4.79 Å². The van der Waals surface area contributed by atoms with Gasteiger partial charge in [-0.05, 0) is 63.1 Å². The number of carbonyl (C=O) groups is 1. The molecule has 0 aromatic carbocycles. The molecule has 0 bridgehead atoms. The lowest BCUT2D eigenvalue weighted by atomic mass is 9.95. The Hall–Kier alpha value is -2.73. The van der Waals surface area contributed by atoms with E-state index in [1.807, 2.05) is 36.6 Å². The number of aliphatic hydroxyl groups is 2. The molecule has 0 saturated heterocycles. The van der Waals surface area contributed by atoms with E-state index in [1.165, 1.54) is 11.8 Å². The number of hydrogen-bond acceptors (Lipinski definition) is 7. The topological polar surface area (TPSA) is 100 Å². The Bertz CT molecular complexity index is 1250. The molecule has 5 atom stereocenters. The van der Waals surface area contributed by atoms with Crippen molar-refractivity contribution in [2.75, 3.05) is 11.9 Å². The Morgan fingerprint density at radius 2 is 2.19 bits per heavy atom. The van der Waals surface area contributed by atoms with Crippen molar-refractivity contribution in [2.45, 2.75) is 45.4 Å². The van der Waals surface area contributed by atoms with Gasteiger partial charge >= 0.3 is 0 Å². The van der Waals surface area contributed by atoms with Gasteiger partial charge in [-0.25, -0.2) is 9.97 Å². The highest BCUT2D eigenvalue weighted by Gasteiger charge is 2.74. The summed E-state index contributed by atoms with van der Waals surface area (Å²) in [5.41, 5.74) is 1.84. The minimum Gasteiger partial charge on any atom is -0.389 e. The fourth-order valence-corrected chi connectivity index (χ4v) is 5.73. The van der Waals surface area contributed by atoms with Gasteiger partial charge in [-0.1, -0.05) is 0 Å². The Morgan fingerprint density at radius 3 is 2.84 bits per heavy atom. The molecule has 2 aliphatic rings. The fourth-order valence-electron chi connectivity index (χ4n) is 5.01. The molecule has 0 aliphatic heterocycles. The van der Waals surface area contributed by atoms with Gasteiger partial charge in [0.25, 0.3) is 0 Å². The second-order valence-corrected chi connectivity index (χ2v) is 9.69. The van der Waals surface area contributed by atoms with E-state index in [4.69, 9.17) is 4.98 Å². The maximum atomic E-state index is 12.2. The molecule has 160 valence electrons. The largest absolute Gasteiger partial charge is 0.389 e. The van der Waals surface area contributed by atoms with Crippen LogP contribution in [0.3, 0.4) is 0 Å². The van der Waals surface area contributed by atoms with Crippen molar-refractivity contribution in [3.05, 3.63) is 40.0 Å². The number of aromatic nitrogens is 3. The molecule has 0 radical (unpaired) electrons. The number of Topliss-reactive ketones (excluding diaryl/α,β-unsaturated/α-hetero) is 1. The minimum atomic E-state index is -1.07. The molecule has 2 aliphatic carbocycles. The number of imidazole rings is 1. The first-order valence-electron chi connectivity index (χ1n) is 10.4. The van der Waals surface area contributed by atoms with E-state index in [2.05, 4.69) is 22.1 Å². The van der Waals surface area contributed by atoms with Gasteiger partial charge in [-0.3, -0.25) is 4.79 Å². The first kappa shape index (κ1) is 20.2. The van der Waals surface area contributed by atoms with E-state index in [9.17, 15) is 15.0 Å². The monoisotopic (exact) mass is 436 g/mol. The highest BCUT2D eigenvalue weighted by atomic mass is 32.1. The number of nitrogens with zero attached hydrogens (tertiary/aromatic N) is 3. The Morgan fingerprint density at radius 1 is 1.39 bits per heavy atom. The molecule has 8 heteroatoms. The van der Waals surface area contributed by atoms with Crippen LogP contribution in [-0.4, -0.2) is 49.3 Å². The predicted molar refractivity (Wildman–Crippen MR) is 119 cm³/mol. The average molecular weight is 437 g/mol. The van der Waals surface area contributed by atoms with Crippen molar-refractivity contribution in [1.82, 2.24) is 14.5 Å². The summed E-state index contributed by atoms with van der Waals surface area (Å²) in [6, 6.07) is 5.46. The predicted octanol–water partition coefficient (Wildman–Crippen LogP) is 2.50. The van der Waals surface area contributed by atoms with E-state index in [0.717, 1.165) is 10.6 Å². The first-order chi connectivity index (χ1) is 14.9. The molecule has 3 aromatic rings. The highest BCUT2D eigenvalue weighted by molar-refractivity contribution is 7.12. The van der Waals surface area contributed by atoms with Crippen molar-refractivity contribution >= 4 is 34.0 Å². The van der Waals surface area contributed by atoms with Gasteiger partial charge in [-0.15, -0.1) is 11.3 Å². The highest BCUT2D eigenvalue weighted by Crippen LogP contribution is 2.68. The minimum absolute atomic E-state index is 0.0740. The molecular formula is C23H24N4O3S. The van der Waals surface area contributed by atoms with Crippen molar-refractivity contribution in [3.8, 4) is 11.8 Å². The zero-order chi connectivity index (χ0) is 21.9. The van der Waals surface area contributed by atoms with Crippen LogP contribution in [0.1, 0.15) is 41.8 Å². The van der Waals surface area contributed by atoms with Gasteiger partial charge in [0.15, 0.2) is 5.65 Å². The van der Waals surface area contributed by atoms with Crippen LogP contribution in [0.4, 0.5) is 5.69 Å². The zero-order valence-corrected chi connectivity index (χ0v) is 18.4. The molecule has 7 nitrogen and oxygen atoms in total. The summed E-state index contributed by atoms with van der Waals surface area (Å²) in [6.45, 7) is 6.25. The van der Waals surface area contributed by atoms with E-state index < -0.39 is 23.7 Å². The van der Waals surface area contributed by atoms with Crippen molar-refractivity contribution in [3.63, 3.8) is 0 Å². The van der Waals surface area contributed by atoms with Crippen LogP contribution in [0.15, 0.2) is 24.5 Å². The summed E-state index contributed by atoms with van der Waals surface area (Å²) >= 11 is 1.63. The van der Waals surface area contributed by atoms with Crippen molar-refractivity contribution in [1.29, 1.82) is 0 Å². The van der Waals surface area contributed by atoms with Gasteiger partial charge in [0.05, 0.1) is 34.5 Å². The third kappa shape index (κ3) is 2.99. The second-order valence-electron chi connectivity index (χ2n) is 8.40. The number of aliphatic hydroxyl groups excluding tert-OH is 2. The maximum Gasteiger partial charge on any atom is 0.163 e. The summed E-state index contributed by atoms with van der Waals surface area (Å²) < 4.78 is 1.81. The van der Waals surface area contributed by atoms with Crippen LogP contribution in [0, 0.1) is 30.1 Å². The third-order valence-corrected chi connectivity index (χ3v) is 7.52. The maximum absolute atomic E-state index is 12.2. The number of nitrogens with one attached hydrogen (secondary N) is 1. The molecule has 0 amide bonds. The summed E-state index contributed by atoms with van der Waals surface area (Å²) in [6.07, 6.45) is 0.0966. The zero-order valence-electron chi connectivity index (χ0n) is 17.6. The van der Waals surface area contributed by atoms with Gasteiger partial charge in [0, 0.05) is 11.4 Å². The Balaban J connectivity index is 1.60. The normalized spacial score (nSPS) is 28.8. The van der Waals surface area contributed by atoms with E-state index in [-0.39, 0.29) is 11.7 Å². The number of fused-ring (bicyclic) bond motifs is 2. The summed E-state index contributed by atoms with van der Waals surface area (Å²) in [5, 5.41) is 24.7. The second kappa shape index (κ2) is 7.16. The molecule has 2 saturated carbocycles. The van der Waals surface area contributed by atoms with Crippen LogP contribution >= 0.6 is 11.3 Å². The van der Waals surface area contributed by atoms with Crippen LogP contribution in [0.5, 0.6) is 0 Å². The van der Waals surface area contributed by atoms with E-state index >= 15 is 0 Å². The van der Waals surface area contributed by atoms with Gasteiger partial charge in [-0.2, -0.15) is 0 Å². The van der Waals surface area contributed by atoms with Crippen molar-refractivity contribution < 1.29 is 15.0 Å². The third-order valence-electron chi connectivity index (χ3n) is 6.60. The molecule has 2 fully saturated rings. The number of aryl methyl sites for hydroxylation is 1. The Kier molecular flexibility index (Phi) is 4.66. The van der Waals surface area contributed by atoms with Crippen LogP contribution < -0.4 is 5.32 Å². The smallest absolute Gasteiger partial charge is 0.163 e. The van der Waals surface area contributed by atoms with Gasteiger partial charge < -0.3 is 20.1 Å². The number of carbonyl (C=O) groups excluding carboxylic acids is 1. The van der Waals surface area contributed by atoms with E-state index in [0.29, 0.717) is 29.8 Å². The number of rotatable bonds is 4. The average Bonchev–Trinajstić information content (AvgIpc) is 2.99.